The zero-order valence-electron chi connectivity index (χ0n) is 10.8. The Bertz CT molecular complexity index is 393. The van der Waals surface area contributed by atoms with E-state index in [-0.39, 0.29) is 0 Å². The van der Waals surface area contributed by atoms with Gasteiger partial charge in [0.05, 0.1) is 0 Å². The van der Waals surface area contributed by atoms with Gasteiger partial charge < -0.3 is 4.90 Å². The predicted molar refractivity (Wildman–Crippen MR) is 71.7 cm³/mol. The molecule has 0 aromatic carbocycles. The Morgan fingerprint density at radius 1 is 1.18 bits per heavy atom. The van der Waals surface area contributed by atoms with Crippen molar-refractivity contribution in [2.75, 3.05) is 18.0 Å². The van der Waals surface area contributed by atoms with Crippen LogP contribution in [0.25, 0.3) is 0 Å². The summed E-state index contributed by atoms with van der Waals surface area (Å²) in [6, 6.07) is 0. The summed E-state index contributed by atoms with van der Waals surface area (Å²) in [5, 5.41) is 11.0. The molecule has 1 aromatic rings. The van der Waals surface area contributed by atoms with E-state index in [1.807, 2.05) is 0 Å². The van der Waals surface area contributed by atoms with Gasteiger partial charge >= 0.3 is 0 Å². The number of hydrogen-bond donors (Lipinski definition) is 0. The van der Waals surface area contributed by atoms with Gasteiger partial charge in [-0.2, -0.15) is 0 Å². The molecule has 1 saturated heterocycles. The van der Waals surface area contributed by atoms with E-state index in [2.05, 4.69) is 28.9 Å². The van der Waals surface area contributed by atoms with Gasteiger partial charge in [-0.3, -0.25) is 0 Å². The number of anilines is 1. The third kappa shape index (κ3) is 2.07. The molecule has 1 spiro atoms. The molecular formula is C13H21N3S. The molecule has 2 heterocycles. The molecule has 0 amide bonds. The van der Waals surface area contributed by atoms with Crippen molar-refractivity contribution in [1.29, 1.82) is 0 Å². The van der Waals surface area contributed by atoms with Crippen LogP contribution in [0.5, 0.6) is 0 Å². The molecule has 0 bridgehead atoms. The lowest BCUT2D eigenvalue weighted by atomic mass is 9.86. The SMILES string of the molecule is CC(C)c1nnc(N2CCC3(CCCC3)C2)s1. The first kappa shape index (κ1) is 11.5. The minimum Gasteiger partial charge on any atom is -0.346 e. The second kappa shape index (κ2) is 4.23. The molecule has 1 saturated carbocycles. The van der Waals surface area contributed by atoms with Crippen molar-refractivity contribution in [3.8, 4) is 0 Å². The van der Waals surface area contributed by atoms with Crippen LogP contribution in [0.4, 0.5) is 5.13 Å². The summed E-state index contributed by atoms with van der Waals surface area (Å²) in [6.07, 6.45) is 7.09. The van der Waals surface area contributed by atoms with Gasteiger partial charge in [0.2, 0.25) is 5.13 Å². The third-order valence-electron chi connectivity index (χ3n) is 4.30. The first-order valence-corrected chi connectivity index (χ1v) is 7.59. The van der Waals surface area contributed by atoms with Crippen molar-refractivity contribution in [3.05, 3.63) is 5.01 Å². The van der Waals surface area contributed by atoms with E-state index < -0.39 is 0 Å². The van der Waals surface area contributed by atoms with Crippen molar-refractivity contribution >= 4 is 16.5 Å². The first-order valence-electron chi connectivity index (χ1n) is 6.77. The summed E-state index contributed by atoms with van der Waals surface area (Å²) in [7, 11) is 0. The molecule has 4 heteroatoms. The van der Waals surface area contributed by atoms with Crippen LogP contribution in [0, 0.1) is 5.41 Å². The molecular weight excluding hydrogens is 230 g/mol. The van der Waals surface area contributed by atoms with E-state index in [4.69, 9.17) is 0 Å². The highest BCUT2D eigenvalue weighted by molar-refractivity contribution is 7.15. The fourth-order valence-corrected chi connectivity index (χ4v) is 4.09. The molecule has 1 aliphatic carbocycles. The average molecular weight is 251 g/mol. The molecule has 0 atom stereocenters. The second-order valence-electron chi connectivity index (χ2n) is 5.96. The van der Waals surface area contributed by atoms with Crippen LogP contribution >= 0.6 is 11.3 Å². The topological polar surface area (TPSA) is 29.0 Å². The van der Waals surface area contributed by atoms with E-state index in [9.17, 15) is 0 Å². The summed E-state index contributed by atoms with van der Waals surface area (Å²) < 4.78 is 0. The van der Waals surface area contributed by atoms with Gasteiger partial charge in [-0.15, -0.1) is 10.2 Å². The van der Waals surface area contributed by atoms with E-state index in [1.54, 1.807) is 11.3 Å². The van der Waals surface area contributed by atoms with Crippen molar-refractivity contribution in [3.63, 3.8) is 0 Å². The van der Waals surface area contributed by atoms with E-state index >= 15 is 0 Å². The number of aromatic nitrogens is 2. The Balaban J connectivity index is 1.73. The highest BCUT2D eigenvalue weighted by atomic mass is 32.1. The highest BCUT2D eigenvalue weighted by Gasteiger charge is 2.41. The molecule has 0 N–H and O–H groups in total. The Labute approximate surface area is 107 Å². The first-order chi connectivity index (χ1) is 8.19. The standard InChI is InChI=1S/C13H21N3S/c1-10(2)11-14-15-12(17-11)16-8-7-13(9-16)5-3-4-6-13/h10H,3-9H2,1-2H3. The van der Waals surface area contributed by atoms with Gasteiger partial charge in [0.1, 0.15) is 5.01 Å². The summed E-state index contributed by atoms with van der Waals surface area (Å²) in [5.41, 5.74) is 0.629. The van der Waals surface area contributed by atoms with Crippen LogP contribution in [0.2, 0.25) is 0 Å². The van der Waals surface area contributed by atoms with Crippen molar-refractivity contribution in [2.45, 2.75) is 51.9 Å². The largest absolute Gasteiger partial charge is 0.346 e. The van der Waals surface area contributed by atoms with Gasteiger partial charge in [-0.05, 0) is 24.7 Å². The van der Waals surface area contributed by atoms with Crippen LogP contribution in [-0.2, 0) is 0 Å². The molecule has 2 aliphatic rings. The van der Waals surface area contributed by atoms with Gasteiger partial charge in [-0.1, -0.05) is 38.0 Å². The number of nitrogens with zero attached hydrogens (tertiary/aromatic N) is 3. The Morgan fingerprint density at radius 2 is 1.94 bits per heavy atom. The van der Waals surface area contributed by atoms with E-state index in [1.165, 1.54) is 50.2 Å². The lowest BCUT2D eigenvalue weighted by Crippen LogP contribution is -2.24. The van der Waals surface area contributed by atoms with Gasteiger partial charge in [0.15, 0.2) is 0 Å². The van der Waals surface area contributed by atoms with Crippen LogP contribution in [-0.4, -0.2) is 23.3 Å². The summed E-state index contributed by atoms with van der Waals surface area (Å²) in [6.45, 7) is 6.78. The van der Waals surface area contributed by atoms with E-state index in [0.717, 1.165) is 5.13 Å². The third-order valence-corrected chi connectivity index (χ3v) is 5.58. The van der Waals surface area contributed by atoms with E-state index in [0.29, 0.717) is 11.3 Å². The summed E-state index contributed by atoms with van der Waals surface area (Å²) in [4.78, 5) is 2.47. The van der Waals surface area contributed by atoms with Crippen LogP contribution in [0.15, 0.2) is 0 Å². The van der Waals surface area contributed by atoms with Gasteiger partial charge in [0, 0.05) is 19.0 Å². The lowest BCUT2D eigenvalue weighted by molar-refractivity contribution is 0.340. The fourth-order valence-electron chi connectivity index (χ4n) is 3.22. The molecule has 94 valence electrons. The molecule has 2 fully saturated rings. The van der Waals surface area contributed by atoms with Crippen molar-refractivity contribution in [1.82, 2.24) is 10.2 Å². The summed E-state index contributed by atoms with van der Waals surface area (Å²) in [5.74, 6) is 0.504. The lowest BCUT2D eigenvalue weighted by Gasteiger charge is -2.22. The monoisotopic (exact) mass is 251 g/mol. The molecule has 17 heavy (non-hydrogen) atoms. The average Bonchev–Trinajstić information content (AvgIpc) is 3.01. The second-order valence-corrected chi connectivity index (χ2v) is 6.94. The maximum atomic E-state index is 4.37. The highest BCUT2D eigenvalue weighted by Crippen LogP contribution is 2.46. The zero-order chi connectivity index (χ0) is 11.9. The number of rotatable bonds is 2. The molecule has 1 aliphatic heterocycles. The normalized spacial score (nSPS) is 23.1. The van der Waals surface area contributed by atoms with Crippen LogP contribution in [0.3, 0.4) is 0 Å². The maximum absolute atomic E-state index is 4.37. The van der Waals surface area contributed by atoms with Gasteiger partial charge in [0.25, 0.3) is 0 Å². The molecule has 3 nitrogen and oxygen atoms in total. The van der Waals surface area contributed by atoms with Gasteiger partial charge in [-0.25, -0.2) is 0 Å². The fraction of sp³-hybridized carbons (Fsp3) is 0.846. The van der Waals surface area contributed by atoms with Crippen LogP contribution in [0.1, 0.15) is 56.9 Å². The summed E-state index contributed by atoms with van der Waals surface area (Å²) >= 11 is 1.78. The zero-order valence-corrected chi connectivity index (χ0v) is 11.6. The minimum atomic E-state index is 0.504. The molecule has 1 aromatic heterocycles. The number of hydrogen-bond acceptors (Lipinski definition) is 4. The molecule has 0 radical (unpaired) electrons. The maximum Gasteiger partial charge on any atom is 0.208 e. The molecule has 0 unspecified atom stereocenters. The minimum absolute atomic E-state index is 0.504. The van der Waals surface area contributed by atoms with Crippen LogP contribution < -0.4 is 4.90 Å². The predicted octanol–water partition coefficient (Wildman–Crippen LogP) is 3.43. The smallest absolute Gasteiger partial charge is 0.208 e. The molecule has 3 rings (SSSR count). The quantitative estimate of drug-likeness (QED) is 0.806. The van der Waals surface area contributed by atoms with Crippen molar-refractivity contribution < 1.29 is 0 Å². The Kier molecular flexibility index (Phi) is 2.85. The van der Waals surface area contributed by atoms with Crippen molar-refractivity contribution in [2.24, 2.45) is 5.41 Å². The Morgan fingerprint density at radius 3 is 2.59 bits per heavy atom. The Hall–Kier alpha value is -0.640.